The topological polar surface area (TPSA) is 26.0 Å². The highest BCUT2D eigenvalue weighted by Crippen LogP contribution is 2.19. The minimum Gasteiger partial charge on any atom is -0.325 e. The van der Waals surface area contributed by atoms with Gasteiger partial charge in [0.25, 0.3) is 0 Å². The van der Waals surface area contributed by atoms with E-state index in [1.165, 1.54) is 10.5 Å². The highest BCUT2D eigenvalue weighted by molar-refractivity contribution is 7.99. The van der Waals surface area contributed by atoms with Crippen LogP contribution in [0.5, 0.6) is 0 Å². The summed E-state index contributed by atoms with van der Waals surface area (Å²) in [5.74, 6) is 1.13. The maximum Gasteiger partial charge on any atom is 0.0138 e. The Morgan fingerprint density at radius 1 is 1.21 bits per heavy atom. The van der Waals surface area contributed by atoms with E-state index in [9.17, 15) is 0 Å². The average Bonchev–Trinajstić information content (AvgIpc) is 2.06. The van der Waals surface area contributed by atoms with E-state index in [1.807, 2.05) is 11.8 Å². The number of nitrogens with two attached hydrogens (primary N) is 1. The number of rotatable bonds is 4. The quantitative estimate of drug-likeness (QED) is 0.771. The molecule has 78 valence electrons. The van der Waals surface area contributed by atoms with Crippen LogP contribution in [0, 0.1) is 0 Å². The van der Waals surface area contributed by atoms with E-state index in [0.717, 1.165) is 12.2 Å². The molecule has 2 N–H and O–H groups in total. The molecule has 0 heterocycles. The van der Waals surface area contributed by atoms with Crippen LogP contribution in [-0.2, 0) is 6.42 Å². The summed E-state index contributed by atoms with van der Waals surface area (Å²) in [6.45, 7) is 6.28. The molecule has 0 atom stereocenters. The summed E-state index contributed by atoms with van der Waals surface area (Å²) in [5, 5.41) is 0. The normalized spacial score (nSPS) is 11.7. The van der Waals surface area contributed by atoms with Gasteiger partial charge in [-0.25, -0.2) is 0 Å². The van der Waals surface area contributed by atoms with Crippen LogP contribution in [0.2, 0.25) is 0 Å². The summed E-state index contributed by atoms with van der Waals surface area (Å²) >= 11 is 1.87. The molecule has 2 heteroatoms. The average molecular weight is 209 g/mol. The van der Waals surface area contributed by atoms with Gasteiger partial charge >= 0.3 is 0 Å². The molecule has 0 amide bonds. The lowest BCUT2D eigenvalue weighted by Gasteiger charge is -2.18. The fourth-order valence-corrected chi connectivity index (χ4v) is 2.06. The van der Waals surface area contributed by atoms with E-state index in [2.05, 4.69) is 45.0 Å². The first-order valence-electron chi connectivity index (χ1n) is 5.02. The summed E-state index contributed by atoms with van der Waals surface area (Å²) < 4.78 is 0. The van der Waals surface area contributed by atoms with Crippen molar-refractivity contribution in [2.75, 3.05) is 5.75 Å². The van der Waals surface area contributed by atoms with Gasteiger partial charge in [-0.1, -0.05) is 19.1 Å². The van der Waals surface area contributed by atoms with Crippen LogP contribution in [0.15, 0.2) is 29.2 Å². The fourth-order valence-electron chi connectivity index (χ4n) is 1.40. The van der Waals surface area contributed by atoms with Crippen molar-refractivity contribution >= 4 is 11.8 Å². The van der Waals surface area contributed by atoms with Crippen molar-refractivity contribution in [1.82, 2.24) is 0 Å². The molecule has 1 aromatic carbocycles. The molecule has 0 aliphatic carbocycles. The Morgan fingerprint density at radius 2 is 1.79 bits per heavy atom. The lowest BCUT2D eigenvalue weighted by atomic mass is 9.96. The predicted molar refractivity (Wildman–Crippen MR) is 64.8 cm³/mol. The largest absolute Gasteiger partial charge is 0.325 e. The third kappa shape index (κ3) is 4.16. The van der Waals surface area contributed by atoms with Crippen LogP contribution < -0.4 is 5.73 Å². The Hall–Kier alpha value is -0.470. The summed E-state index contributed by atoms with van der Waals surface area (Å²) in [5.41, 5.74) is 7.16. The molecule has 0 bridgehead atoms. The molecule has 14 heavy (non-hydrogen) atoms. The molecular weight excluding hydrogens is 190 g/mol. The van der Waals surface area contributed by atoms with Crippen molar-refractivity contribution in [1.29, 1.82) is 0 Å². The first kappa shape index (κ1) is 11.6. The van der Waals surface area contributed by atoms with Gasteiger partial charge in [0.05, 0.1) is 0 Å². The van der Waals surface area contributed by atoms with E-state index in [0.29, 0.717) is 0 Å². The molecule has 1 nitrogen and oxygen atoms in total. The van der Waals surface area contributed by atoms with E-state index in [4.69, 9.17) is 5.73 Å². The second kappa shape index (κ2) is 4.85. The molecule has 0 aliphatic rings. The predicted octanol–water partition coefficient (Wildman–Crippen LogP) is 3.08. The zero-order valence-corrected chi connectivity index (χ0v) is 10.0. The van der Waals surface area contributed by atoms with Gasteiger partial charge in [-0.3, -0.25) is 0 Å². The van der Waals surface area contributed by atoms with E-state index >= 15 is 0 Å². The molecule has 0 radical (unpaired) electrons. The van der Waals surface area contributed by atoms with Crippen LogP contribution >= 0.6 is 11.8 Å². The van der Waals surface area contributed by atoms with E-state index < -0.39 is 0 Å². The van der Waals surface area contributed by atoms with Crippen LogP contribution in [-0.4, -0.2) is 11.3 Å². The summed E-state index contributed by atoms with van der Waals surface area (Å²) in [6, 6.07) is 8.70. The van der Waals surface area contributed by atoms with E-state index in [1.54, 1.807) is 0 Å². The monoisotopic (exact) mass is 209 g/mol. The Balaban J connectivity index is 2.64. The van der Waals surface area contributed by atoms with Crippen LogP contribution in [0.4, 0.5) is 0 Å². The summed E-state index contributed by atoms with van der Waals surface area (Å²) in [4.78, 5) is 1.34. The van der Waals surface area contributed by atoms with Gasteiger partial charge in [-0.05, 0) is 43.7 Å². The van der Waals surface area contributed by atoms with Crippen LogP contribution in [0.25, 0.3) is 0 Å². The highest BCUT2D eigenvalue weighted by atomic mass is 32.2. The standard InChI is InChI=1S/C12H19NS/c1-4-14-11-7-5-10(6-8-11)9-12(2,3)13/h5-8H,4,9,13H2,1-3H3. The van der Waals surface area contributed by atoms with Crippen LogP contribution in [0.1, 0.15) is 26.3 Å². The SMILES string of the molecule is CCSc1ccc(CC(C)(C)N)cc1. The lowest BCUT2D eigenvalue weighted by molar-refractivity contribution is 0.516. The molecule has 1 aromatic rings. The highest BCUT2D eigenvalue weighted by Gasteiger charge is 2.10. The molecule has 0 saturated carbocycles. The summed E-state index contributed by atoms with van der Waals surface area (Å²) in [6.07, 6.45) is 0.935. The first-order chi connectivity index (χ1) is 6.51. The van der Waals surface area contributed by atoms with Crippen molar-refractivity contribution in [3.05, 3.63) is 29.8 Å². The second-order valence-corrected chi connectivity index (χ2v) is 5.58. The molecule has 0 saturated heterocycles. The Morgan fingerprint density at radius 3 is 2.21 bits per heavy atom. The third-order valence-electron chi connectivity index (χ3n) is 1.89. The Bertz CT molecular complexity index is 271. The number of benzene rings is 1. The first-order valence-corrected chi connectivity index (χ1v) is 6.00. The maximum atomic E-state index is 5.96. The number of thioether (sulfide) groups is 1. The van der Waals surface area contributed by atoms with Crippen molar-refractivity contribution in [2.45, 2.75) is 37.6 Å². The van der Waals surface area contributed by atoms with E-state index in [-0.39, 0.29) is 5.54 Å². The van der Waals surface area contributed by atoms with Crippen molar-refractivity contribution in [3.8, 4) is 0 Å². The van der Waals surface area contributed by atoms with Crippen molar-refractivity contribution in [2.24, 2.45) is 5.73 Å². The molecule has 0 unspecified atom stereocenters. The Kier molecular flexibility index (Phi) is 4.02. The maximum absolute atomic E-state index is 5.96. The van der Waals surface area contributed by atoms with Gasteiger partial charge in [0.15, 0.2) is 0 Å². The van der Waals surface area contributed by atoms with Gasteiger partial charge in [0.1, 0.15) is 0 Å². The molecule has 1 rings (SSSR count). The molecule has 0 spiro atoms. The van der Waals surface area contributed by atoms with Crippen molar-refractivity contribution < 1.29 is 0 Å². The van der Waals surface area contributed by atoms with Gasteiger partial charge in [-0.2, -0.15) is 0 Å². The minimum atomic E-state index is -0.112. The smallest absolute Gasteiger partial charge is 0.0138 e. The number of hydrogen-bond acceptors (Lipinski definition) is 2. The fraction of sp³-hybridized carbons (Fsp3) is 0.500. The van der Waals surface area contributed by atoms with Gasteiger partial charge < -0.3 is 5.73 Å². The number of hydrogen-bond donors (Lipinski definition) is 1. The summed E-state index contributed by atoms with van der Waals surface area (Å²) in [7, 11) is 0. The molecule has 0 fully saturated rings. The zero-order chi connectivity index (χ0) is 10.6. The second-order valence-electron chi connectivity index (χ2n) is 4.24. The van der Waals surface area contributed by atoms with Gasteiger partial charge in [0.2, 0.25) is 0 Å². The minimum absolute atomic E-state index is 0.112. The zero-order valence-electron chi connectivity index (χ0n) is 9.21. The van der Waals surface area contributed by atoms with Gasteiger partial charge in [0, 0.05) is 10.4 Å². The molecule has 0 aliphatic heterocycles. The molecular formula is C12H19NS. The third-order valence-corrected chi connectivity index (χ3v) is 2.79. The van der Waals surface area contributed by atoms with Gasteiger partial charge in [-0.15, -0.1) is 11.8 Å². The van der Waals surface area contributed by atoms with Crippen molar-refractivity contribution in [3.63, 3.8) is 0 Å². The molecule has 0 aromatic heterocycles. The Labute approximate surface area is 91.1 Å². The lowest BCUT2D eigenvalue weighted by Crippen LogP contribution is -2.34. The van der Waals surface area contributed by atoms with Crippen LogP contribution in [0.3, 0.4) is 0 Å².